The molecule has 0 aliphatic heterocycles. The van der Waals surface area contributed by atoms with E-state index in [9.17, 15) is 18.8 Å². The van der Waals surface area contributed by atoms with Crippen LogP contribution in [0.3, 0.4) is 0 Å². The number of nitrogens with zero attached hydrogens (tertiary/aromatic N) is 1. The molecule has 0 saturated heterocycles. The minimum atomic E-state index is -0.642. The van der Waals surface area contributed by atoms with Crippen molar-refractivity contribution in [1.82, 2.24) is 14.9 Å². The van der Waals surface area contributed by atoms with Gasteiger partial charge >= 0.3 is 5.69 Å². The number of H-pyrrole nitrogens is 1. The van der Waals surface area contributed by atoms with Crippen LogP contribution in [0.4, 0.5) is 4.39 Å². The monoisotopic (exact) mass is 347 g/mol. The molecule has 0 aliphatic rings. The molecule has 1 atom stereocenters. The fourth-order valence-corrected chi connectivity index (χ4v) is 2.52. The van der Waals surface area contributed by atoms with Gasteiger partial charge in [-0.1, -0.05) is 32.9 Å². The third kappa shape index (κ3) is 5.70. The summed E-state index contributed by atoms with van der Waals surface area (Å²) in [6.07, 6.45) is 1.92. The van der Waals surface area contributed by atoms with E-state index >= 15 is 0 Å². The Morgan fingerprint density at radius 1 is 1.20 bits per heavy atom. The predicted octanol–water partition coefficient (Wildman–Crippen LogP) is 1.97. The second-order valence-corrected chi connectivity index (χ2v) is 7.17. The van der Waals surface area contributed by atoms with Crippen LogP contribution in [-0.2, 0) is 11.3 Å². The lowest BCUT2D eigenvalue weighted by Crippen LogP contribution is -2.37. The Hall–Kier alpha value is -2.70. The highest BCUT2D eigenvalue weighted by Crippen LogP contribution is 2.29. The molecule has 7 heteroatoms. The topological polar surface area (TPSA) is 84.0 Å². The number of rotatable bonds is 5. The summed E-state index contributed by atoms with van der Waals surface area (Å²) in [6, 6.07) is 6.84. The Balaban J connectivity index is 2.17. The molecule has 1 aromatic carbocycles. The number of benzene rings is 1. The zero-order valence-electron chi connectivity index (χ0n) is 14.5. The average Bonchev–Trinajstić information content (AvgIpc) is 2.49. The maximum Gasteiger partial charge on any atom is 0.328 e. The van der Waals surface area contributed by atoms with Crippen LogP contribution in [0, 0.1) is 11.2 Å². The summed E-state index contributed by atoms with van der Waals surface area (Å²) in [6.45, 7) is 5.92. The van der Waals surface area contributed by atoms with E-state index in [1.807, 2.05) is 20.8 Å². The van der Waals surface area contributed by atoms with Gasteiger partial charge in [-0.05, 0) is 29.5 Å². The first-order chi connectivity index (χ1) is 11.6. The fourth-order valence-electron chi connectivity index (χ4n) is 2.52. The SMILES string of the molecule is CC(C)(C)C[C@@H](NC(=O)Cn1ccc(=O)[nH]c1=O)c1ccc(F)cc1. The number of amides is 1. The molecule has 0 unspecified atom stereocenters. The van der Waals surface area contributed by atoms with Gasteiger partial charge in [0, 0.05) is 12.3 Å². The van der Waals surface area contributed by atoms with Gasteiger partial charge in [-0.25, -0.2) is 9.18 Å². The van der Waals surface area contributed by atoms with Gasteiger partial charge in [0.25, 0.3) is 5.56 Å². The fraction of sp³-hybridized carbons (Fsp3) is 0.389. The molecule has 134 valence electrons. The van der Waals surface area contributed by atoms with Gasteiger partial charge < -0.3 is 5.32 Å². The molecule has 1 heterocycles. The number of nitrogens with one attached hydrogen (secondary N) is 2. The van der Waals surface area contributed by atoms with E-state index in [-0.39, 0.29) is 29.7 Å². The Morgan fingerprint density at radius 3 is 2.40 bits per heavy atom. The molecule has 0 bridgehead atoms. The molecule has 1 aromatic heterocycles. The molecule has 1 amide bonds. The van der Waals surface area contributed by atoms with Crippen LogP contribution in [-0.4, -0.2) is 15.5 Å². The highest BCUT2D eigenvalue weighted by Gasteiger charge is 2.22. The Kier molecular flexibility index (Phi) is 5.56. The van der Waals surface area contributed by atoms with Crippen LogP contribution in [0.25, 0.3) is 0 Å². The van der Waals surface area contributed by atoms with E-state index in [1.54, 1.807) is 12.1 Å². The summed E-state index contributed by atoms with van der Waals surface area (Å²) < 4.78 is 14.3. The van der Waals surface area contributed by atoms with Gasteiger partial charge in [0.15, 0.2) is 0 Å². The summed E-state index contributed by atoms with van der Waals surface area (Å²) in [7, 11) is 0. The summed E-state index contributed by atoms with van der Waals surface area (Å²) in [5, 5.41) is 2.89. The number of carbonyl (C=O) groups excluding carboxylic acids is 1. The number of hydrogen-bond acceptors (Lipinski definition) is 3. The number of hydrogen-bond donors (Lipinski definition) is 2. The summed E-state index contributed by atoms with van der Waals surface area (Å²) in [5.74, 6) is -0.711. The first kappa shape index (κ1) is 18.6. The smallest absolute Gasteiger partial charge is 0.328 e. The van der Waals surface area contributed by atoms with Crippen molar-refractivity contribution >= 4 is 5.91 Å². The molecule has 6 nitrogen and oxygen atoms in total. The predicted molar refractivity (Wildman–Crippen MR) is 92.7 cm³/mol. The van der Waals surface area contributed by atoms with Gasteiger partial charge in [-0.2, -0.15) is 0 Å². The number of aromatic nitrogens is 2. The molecule has 2 N–H and O–H groups in total. The Bertz CT molecular complexity index is 847. The number of halogens is 1. The van der Waals surface area contributed by atoms with Crippen LogP contribution < -0.4 is 16.6 Å². The molecule has 0 saturated carbocycles. The van der Waals surface area contributed by atoms with Crippen molar-refractivity contribution in [3.63, 3.8) is 0 Å². The number of aromatic amines is 1. The minimum Gasteiger partial charge on any atom is -0.348 e. The Morgan fingerprint density at radius 2 is 1.84 bits per heavy atom. The Labute approximate surface area is 144 Å². The maximum atomic E-state index is 13.2. The van der Waals surface area contributed by atoms with Crippen LogP contribution in [0.1, 0.15) is 38.8 Å². The van der Waals surface area contributed by atoms with Gasteiger partial charge in [0.05, 0.1) is 6.04 Å². The van der Waals surface area contributed by atoms with Crippen molar-refractivity contribution < 1.29 is 9.18 Å². The normalized spacial score (nSPS) is 12.6. The van der Waals surface area contributed by atoms with Gasteiger partial charge in [0.2, 0.25) is 5.91 Å². The van der Waals surface area contributed by atoms with Crippen LogP contribution in [0.5, 0.6) is 0 Å². The first-order valence-electron chi connectivity index (χ1n) is 7.99. The van der Waals surface area contributed by atoms with Gasteiger partial charge in [-0.15, -0.1) is 0 Å². The molecule has 0 spiro atoms. The van der Waals surface area contributed by atoms with E-state index < -0.39 is 11.2 Å². The van der Waals surface area contributed by atoms with E-state index in [2.05, 4.69) is 10.3 Å². The van der Waals surface area contributed by atoms with Crippen LogP contribution in [0.15, 0.2) is 46.1 Å². The van der Waals surface area contributed by atoms with E-state index in [0.717, 1.165) is 10.1 Å². The molecule has 2 aromatic rings. The van der Waals surface area contributed by atoms with Crippen molar-refractivity contribution in [2.24, 2.45) is 5.41 Å². The molecule has 0 radical (unpaired) electrons. The van der Waals surface area contributed by atoms with Crippen molar-refractivity contribution in [2.45, 2.75) is 39.8 Å². The molecule has 25 heavy (non-hydrogen) atoms. The molecular formula is C18H22FN3O3. The zero-order valence-corrected chi connectivity index (χ0v) is 14.5. The average molecular weight is 347 g/mol. The van der Waals surface area contributed by atoms with Gasteiger partial charge in [-0.3, -0.25) is 19.1 Å². The van der Waals surface area contributed by atoms with Crippen LogP contribution in [0.2, 0.25) is 0 Å². The lowest BCUT2D eigenvalue weighted by atomic mass is 9.85. The lowest BCUT2D eigenvalue weighted by Gasteiger charge is -2.27. The second kappa shape index (κ2) is 7.46. The minimum absolute atomic E-state index is 0.0683. The van der Waals surface area contributed by atoms with E-state index in [0.29, 0.717) is 6.42 Å². The van der Waals surface area contributed by atoms with E-state index in [1.165, 1.54) is 24.4 Å². The molecular weight excluding hydrogens is 325 g/mol. The maximum absolute atomic E-state index is 13.2. The highest BCUT2D eigenvalue weighted by molar-refractivity contribution is 5.76. The zero-order chi connectivity index (χ0) is 18.6. The van der Waals surface area contributed by atoms with Crippen molar-refractivity contribution in [1.29, 1.82) is 0 Å². The second-order valence-electron chi connectivity index (χ2n) is 7.17. The molecule has 0 aliphatic carbocycles. The van der Waals surface area contributed by atoms with Crippen molar-refractivity contribution in [2.75, 3.05) is 0 Å². The third-order valence-corrected chi connectivity index (χ3v) is 3.63. The lowest BCUT2D eigenvalue weighted by molar-refractivity contribution is -0.122. The largest absolute Gasteiger partial charge is 0.348 e. The quantitative estimate of drug-likeness (QED) is 0.867. The highest BCUT2D eigenvalue weighted by atomic mass is 19.1. The van der Waals surface area contributed by atoms with Gasteiger partial charge in [0.1, 0.15) is 12.4 Å². The summed E-state index contributed by atoms with van der Waals surface area (Å²) in [4.78, 5) is 37.2. The van der Waals surface area contributed by atoms with Crippen LogP contribution >= 0.6 is 0 Å². The third-order valence-electron chi connectivity index (χ3n) is 3.63. The molecule has 0 fully saturated rings. The van der Waals surface area contributed by atoms with E-state index in [4.69, 9.17) is 0 Å². The summed E-state index contributed by atoms with van der Waals surface area (Å²) in [5.41, 5.74) is -0.435. The molecule has 2 rings (SSSR count). The van der Waals surface area contributed by atoms with Crippen molar-refractivity contribution in [3.05, 3.63) is 68.7 Å². The standard InChI is InChI=1S/C18H22FN3O3/c1-18(2,3)10-14(12-4-6-13(19)7-5-12)20-16(24)11-22-9-8-15(23)21-17(22)25/h4-9,14H,10-11H2,1-3H3,(H,20,24)(H,21,23,25)/t14-/m1/s1. The summed E-state index contributed by atoms with van der Waals surface area (Å²) >= 11 is 0. The van der Waals surface area contributed by atoms with Crippen molar-refractivity contribution in [3.8, 4) is 0 Å². The first-order valence-corrected chi connectivity index (χ1v) is 7.99. The number of carbonyl (C=O) groups is 1.